The summed E-state index contributed by atoms with van der Waals surface area (Å²) >= 11 is 2.39. The van der Waals surface area contributed by atoms with E-state index in [1.807, 2.05) is 17.9 Å². The molecule has 0 saturated heterocycles. The average Bonchev–Trinajstić information content (AvgIpc) is 2.78. The van der Waals surface area contributed by atoms with Gasteiger partial charge in [0.15, 0.2) is 0 Å². The zero-order valence-electron chi connectivity index (χ0n) is 10.7. The van der Waals surface area contributed by atoms with E-state index in [-0.39, 0.29) is 6.04 Å². The van der Waals surface area contributed by atoms with Gasteiger partial charge in [-0.05, 0) is 53.3 Å². The van der Waals surface area contributed by atoms with Gasteiger partial charge in [-0.15, -0.1) is 0 Å². The first-order chi connectivity index (χ1) is 8.74. The molecule has 96 valence electrons. The molecule has 0 spiro atoms. The van der Waals surface area contributed by atoms with Gasteiger partial charge in [-0.3, -0.25) is 4.68 Å². The van der Waals surface area contributed by atoms with Gasteiger partial charge in [0.2, 0.25) is 0 Å². The van der Waals surface area contributed by atoms with Gasteiger partial charge >= 0.3 is 0 Å². The summed E-state index contributed by atoms with van der Waals surface area (Å²) in [6.07, 6.45) is 2.98. The van der Waals surface area contributed by atoms with Crippen LogP contribution in [0.1, 0.15) is 30.6 Å². The molecule has 3 nitrogen and oxygen atoms in total. The molecule has 0 aliphatic rings. The van der Waals surface area contributed by atoms with Crippen molar-refractivity contribution in [3.63, 3.8) is 0 Å². The van der Waals surface area contributed by atoms with E-state index in [4.69, 9.17) is 0 Å². The van der Waals surface area contributed by atoms with Crippen molar-refractivity contribution >= 4 is 22.6 Å². The molecule has 0 bridgehead atoms. The largest absolute Gasteiger partial charge is 0.305 e. The lowest BCUT2D eigenvalue weighted by atomic mass is 10.0. The summed E-state index contributed by atoms with van der Waals surface area (Å²) in [5, 5.41) is 7.88. The number of halogens is 1. The van der Waals surface area contributed by atoms with Gasteiger partial charge in [-0.1, -0.05) is 25.1 Å². The van der Waals surface area contributed by atoms with Crippen LogP contribution in [-0.2, 0) is 7.05 Å². The maximum atomic E-state index is 4.27. The van der Waals surface area contributed by atoms with Crippen molar-refractivity contribution in [1.29, 1.82) is 0 Å². The Morgan fingerprint density at radius 3 is 2.72 bits per heavy atom. The lowest BCUT2D eigenvalue weighted by molar-refractivity contribution is 0.552. The van der Waals surface area contributed by atoms with E-state index in [1.54, 1.807) is 0 Å². The number of aromatic nitrogens is 2. The molecule has 18 heavy (non-hydrogen) atoms. The van der Waals surface area contributed by atoms with Crippen molar-refractivity contribution in [3.8, 4) is 0 Å². The molecule has 4 heteroatoms. The first kappa shape index (κ1) is 13.5. The number of benzene rings is 1. The molecule has 2 aromatic rings. The molecule has 0 amide bonds. The summed E-state index contributed by atoms with van der Waals surface area (Å²) in [6, 6.07) is 10.8. The number of nitrogens with one attached hydrogen (secondary N) is 1. The number of nitrogens with zero attached hydrogens (tertiary/aromatic N) is 2. The molecule has 0 saturated carbocycles. The zero-order valence-corrected chi connectivity index (χ0v) is 12.9. The normalized spacial score (nSPS) is 12.6. The SMILES string of the molecule is CCCNC(c1ccccc1I)c1ccnn1C. The highest BCUT2D eigenvalue weighted by molar-refractivity contribution is 14.1. The number of aryl methyl sites for hydroxylation is 1. The third-order valence-electron chi connectivity index (χ3n) is 2.97. The van der Waals surface area contributed by atoms with Crippen molar-refractivity contribution in [2.75, 3.05) is 6.54 Å². The number of rotatable bonds is 5. The summed E-state index contributed by atoms with van der Waals surface area (Å²) in [6.45, 7) is 3.18. The zero-order chi connectivity index (χ0) is 13.0. The van der Waals surface area contributed by atoms with Crippen molar-refractivity contribution < 1.29 is 0 Å². The Hall–Kier alpha value is -0.880. The molecular formula is C14H18IN3. The Morgan fingerprint density at radius 2 is 2.11 bits per heavy atom. The van der Waals surface area contributed by atoms with Gasteiger partial charge in [0, 0.05) is 16.8 Å². The smallest absolute Gasteiger partial charge is 0.0758 e. The Balaban J connectivity index is 2.37. The van der Waals surface area contributed by atoms with Crippen molar-refractivity contribution in [2.24, 2.45) is 7.05 Å². The fourth-order valence-corrected chi connectivity index (χ4v) is 2.74. The first-order valence-corrected chi connectivity index (χ1v) is 7.27. The summed E-state index contributed by atoms with van der Waals surface area (Å²) < 4.78 is 3.22. The fraction of sp³-hybridized carbons (Fsp3) is 0.357. The maximum absolute atomic E-state index is 4.27. The number of hydrogen-bond acceptors (Lipinski definition) is 2. The van der Waals surface area contributed by atoms with Gasteiger partial charge < -0.3 is 5.32 Å². The summed E-state index contributed by atoms with van der Waals surface area (Å²) in [7, 11) is 1.99. The third kappa shape index (κ3) is 2.92. The van der Waals surface area contributed by atoms with Crippen LogP contribution in [-0.4, -0.2) is 16.3 Å². The molecule has 0 radical (unpaired) electrons. The fourth-order valence-electron chi connectivity index (χ4n) is 2.04. The van der Waals surface area contributed by atoms with Crippen molar-refractivity contribution in [3.05, 3.63) is 51.4 Å². The Bertz CT molecular complexity index is 507. The molecule has 1 atom stereocenters. The minimum absolute atomic E-state index is 0.213. The highest BCUT2D eigenvalue weighted by Gasteiger charge is 2.18. The highest BCUT2D eigenvalue weighted by Crippen LogP contribution is 2.25. The molecule has 2 rings (SSSR count). The van der Waals surface area contributed by atoms with Gasteiger partial charge in [-0.2, -0.15) is 5.10 Å². The van der Waals surface area contributed by atoms with Gasteiger partial charge in [0.1, 0.15) is 0 Å². The predicted molar refractivity (Wildman–Crippen MR) is 82.5 cm³/mol. The highest BCUT2D eigenvalue weighted by atomic mass is 127. The van der Waals surface area contributed by atoms with Crippen LogP contribution in [0.4, 0.5) is 0 Å². The van der Waals surface area contributed by atoms with E-state index in [0.29, 0.717) is 0 Å². The topological polar surface area (TPSA) is 29.9 Å². The molecule has 0 aliphatic heterocycles. The predicted octanol–water partition coefficient (Wildman–Crippen LogP) is 3.11. The maximum Gasteiger partial charge on any atom is 0.0758 e. The van der Waals surface area contributed by atoms with E-state index in [9.17, 15) is 0 Å². The van der Waals surface area contributed by atoms with E-state index in [0.717, 1.165) is 13.0 Å². The second-order valence-corrected chi connectivity index (χ2v) is 5.45. The standard InChI is InChI=1S/C14H18IN3/c1-3-9-16-14(13-8-10-17-18(13)2)11-6-4-5-7-12(11)15/h4-8,10,14,16H,3,9H2,1-2H3. The summed E-state index contributed by atoms with van der Waals surface area (Å²) in [4.78, 5) is 0. The third-order valence-corrected chi connectivity index (χ3v) is 3.95. The lowest BCUT2D eigenvalue weighted by Gasteiger charge is -2.20. The van der Waals surface area contributed by atoms with Crippen molar-refractivity contribution in [2.45, 2.75) is 19.4 Å². The van der Waals surface area contributed by atoms with Crippen LogP contribution >= 0.6 is 22.6 Å². The monoisotopic (exact) mass is 355 g/mol. The van der Waals surface area contributed by atoms with Crippen LogP contribution in [0.15, 0.2) is 36.5 Å². The average molecular weight is 355 g/mol. The lowest BCUT2D eigenvalue weighted by Crippen LogP contribution is -2.26. The molecule has 1 unspecified atom stereocenters. The van der Waals surface area contributed by atoms with Crippen molar-refractivity contribution in [1.82, 2.24) is 15.1 Å². The van der Waals surface area contributed by atoms with Gasteiger partial charge in [0.25, 0.3) is 0 Å². The Labute approximate surface area is 122 Å². The van der Waals surface area contributed by atoms with Crippen LogP contribution in [0.25, 0.3) is 0 Å². The molecule has 1 heterocycles. The minimum Gasteiger partial charge on any atom is -0.305 e. The molecule has 1 aromatic heterocycles. The molecule has 1 N–H and O–H groups in total. The van der Waals surface area contributed by atoms with E-state index in [2.05, 4.69) is 70.3 Å². The molecular weight excluding hydrogens is 337 g/mol. The van der Waals surface area contributed by atoms with Crippen LogP contribution in [0.5, 0.6) is 0 Å². The van der Waals surface area contributed by atoms with Crippen LogP contribution in [0.3, 0.4) is 0 Å². The Morgan fingerprint density at radius 1 is 1.33 bits per heavy atom. The molecule has 0 fully saturated rings. The van der Waals surface area contributed by atoms with Gasteiger partial charge in [-0.25, -0.2) is 0 Å². The van der Waals surface area contributed by atoms with E-state index in [1.165, 1.54) is 14.8 Å². The van der Waals surface area contributed by atoms with Gasteiger partial charge in [0.05, 0.1) is 11.7 Å². The van der Waals surface area contributed by atoms with E-state index >= 15 is 0 Å². The molecule has 1 aromatic carbocycles. The summed E-state index contributed by atoms with van der Waals surface area (Å²) in [5.41, 5.74) is 2.52. The molecule has 0 aliphatic carbocycles. The van der Waals surface area contributed by atoms with Crippen LogP contribution in [0.2, 0.25) is 0 Å². The van der Waals surface area contributed by atoms with E-state index < -0.39 is 0 Å². The number of hydrogen-bond donors (Lipinski definition) is 1. The minimum atomic E-state index is 0.213. The summed E-state index contributed by atoms with van der Waals surface area (Å²) in [5.74, 6) is 0. The van der Waals surface area contributed by atoms with Crippen LogP contribution < -0.4 is 5.32 Å². The Kier molecular flexibility index (Phi) is 4.77. The first-order valence-electron chi connectivity index (χ1n) is 6.19. The second-order valence-electron chi connectivity index (χ2n) is 4.29. The quantitative estimate of drug-likeness (QED) is 0.836. The second kappa shape index (κ2) is 6.33. The van der Waals surface area contributed by atoms with Crippen LogP contribution in [0, 0.1) is 3.57 Å².